The molecule has 0 bridgehead atoms. The molecular formula is C13H22O4. The molecule has 0 aromatic rings. The fourth-order valence-electron chi connectivity index (χ4n) is 1.68. The van der Waals surface area contributed by atoms with Crippen LogP contribution in [0.4, 0.5) is 0 Å². The molecule has 98 valence electrons. The summed E-state index contributed by atoms with van der Waals surface area (Å²) in [5, 5.41) is 0. The fourth-order valence-corrected chi connectivity index (χ4v) is 1.68. The summed E-state index contributed by atoms with van der Waals surface area (Å²) in [5.74, 6) is -0.298. The summed E-state index contributed by atoms with van der Waals surface area (Å²) < 4.78 is 16.0. The molecule has 1 aliphatic rings. The van der Waals surface area contributed by atoms with Crippen LogP contribution >= 0.6 is 0 Å². The van der Waals surface area contributed by atoms with Crippen LogP contribution in [0.25, 0.3) is 0 Å². The standard InChI is InChI=1S/C13H22O4/c1-3-15-12(14)8-6-7-11(2)17-13-9-4-5-10-16-13/h6,8,11,13H,3-5,7,9-10H2,1-2H3/b8-6+/t11-,13?/m1/s1. The molecule has 1 aliphatic heterocycles. The van der Waals surface area contributed by atoms with Crippen molar-refractivity contribution in [3.63, 3.8) is 0 Å². The summed E-state index contributed by atoms with van der Waals surface area (Å²) in [6, 6.07) is 0. The predicted octanol–water partition coefficient (Wildman–Crippen LogP) is 2.43. The third kappa shape index (κ3) is 6.44. The van der Waals surface area contributed by atoms with Gasteiger partial charge in [0.15, 0.2) is 6.29 Å². The van der Waals surface area contributed by atoms with Gasteiger partial charge in [-0.2, -0.15) is 0 Å². The molecule has 0 aromatic carbocycles. The van der Waals surface area contributed by atoms with Crippen molar-refractivity contribution >= 4 is 5.97 Å². The summed E-state index contributed by atoms with van der Waals surface area (Å²) in [4.78, 5) is 11.0. The molecule has 1 fully saturated rings. The Morgan fingerprint density at radius 1 is 1.53 bits per heavy atom. The van der Waals surface area contributed by atoms with Gasteiger partial charge in [0.1, 0.15) is 0 Å². The molecule has 4 heteroatoms. The van der Waals surface area contributed by atoms with Crippen LogP contribution in [0, 0.1) is 0 Å². The summed E-state index contributed by atoms with van der Waals surface area (Å²) in [5.41, 5.74) is 0. The SMILES string of the molecule is CCOC(=O)/C=C/C[C@@H](C)OC1CCCCO1. The molecule has 0 N–H and O–H groups in total. The van der Waals surface area contributed by atoms with E-state index in [2.05, 4.69) is 0 Å². The third-order valence-electron chi connectivity index (χ3n) is 2.53. The molecule has 4 nitrogen and oxygen atoms in total. The lowest BCUT2D eigenvalue weighted by molar-refractivity contribution is -0.183. The third-order valence-corrected chi connectivity index (χ3v) is 2.53. The minimum Gasteiger partial charge on any atom is -0.463 e. The van der Waals surface area contributed by atoms with Crippen LogP contribution in [0.15, 0.2) is 12.2 Å². The van der Waals surface area contributed by atoms with Crippen LogP contribution in [-0.4, -0.2) is 31.6 Å². The van der Waals surface area contributed by atoms with Gasteiger partial charge in [-0.1, -0.05) is 6.08 Å². The largest absolute Gasteiger partial charge is 0.463 e. The molecule has 0 radical (unpaired) electrons. The van der Waals surface area contributed by atoms with Crippen molar-refractivity contribution in [2.24, 2.45) is 0 Å². The summed E-state index contributed by atoms with van der Waals surface area (Å²) in [7, 11) is 0. The van der Waals surface area contributed by atoms with Gasteiger partial charge < -0.3 is 14.2 Å². The first-order valence-electron chi connectivity index (χ1n) is 6.32. The van der Waals surface area contributed by atoms with Crippen molar-refractivity contribution in [1.29, 1.82) is 0 Å². The first kappa shape index (κ1) is 14.2. The maximum absolute atomic E-state index is 11.0. The predicted molar refractivity (Wildman–Crippen MR) is 64.5 cm³/mol. The van der Waals surface area contributed by atoms with Gasteiger partial charge in [-0.3, -0.25) is 0 Å². The molecule has 1 rings (SSSR count). The molecule has 17 heavy (non-hydrogen) atoms. The summed E-state index contributed by atoms with van der Waals surface area (Å²) in [6.07, 6.45) is 7.16. The van der Waals surface area contributed by atoms with Crippen molar-refractivity contribution in [3.05, 3.63) is 12.2 Å². The Morgan fingerprint density at radius 2 is 2.35 bits per heavy atom. The lowest BCUT2D eigenvalue weighted by Crippen LogP contribution is -2.26. The monoisotopic (exact) mass is 242 g/mol. The zero-order valence-corrected chi connectivity index (χ0v) is 10.7. The highest BCUT2D eigenvalue weighted by atomic mass is 16.7. The van der Waals surface area contributed by atoms with Crippen LogP contribution < -0.4 is 0 Å². The molecule has 0 amide bonds. The number of esters is 1. The Balaban J connectivity index is 2.15. The van der Waals surface area contributed by atoms with Crippen LogP contribution in [-0.2, 0) is 19.0 Å². The van der Waals surface area contributed by atoms with Gasteiger partial charge in [-0.25, -0.2) is 4.79 Å². The highest BCUT2D eigenvalue weighted by Gasteiger charge is 2.16. The Kier molecular flexibility index (Phi) is 6.89. The van der Waals surface area contributed by atoms with E-state index in [-0.39, 0.29) is 18.4 Å². The second-order valence-electron chi connectivity index (χ2n) is 4.13. The van der Waals surface area contributed by atoms with Crippen LogP contribution in [0.2, 0.25) is 0 Å². The van der Waals surface area contributed by atoms with Gasteiger partial charge in [-0.15, -0.1) is 0 Å². The Labute approximate surface area is 103 Å². The minimum atomic E-state index is -0.298. The Hall–Kier alpha value is -0.870. The number of carbonyl (C=O) groups is 1. The van der Waals surface area contributed by atoms with Gasteiger partial charge in [0.25, 0.3) is 0 Å². The van der Waals surface area contributed by atoms with E-state index in [1.54, 1.807) is 13.0 Å². The first-order valence-corrected chi connectivity index (χ1v) is 6.32. The van der Waals surface area contributed by atoms with Gasteiger partial charge in [-0.05, 0) is 39.5 Å². The quantitative estimate of drug-likeness (QED) is 0.530. The smallest absolute Gasteiger partial charge is 0.330 e. The van der Waals surface area contributed by atoms with Crippen molar-refractivity contribution in [2.75, 3.05) is 13.2 Å². The van der Waals surface area contributed by atoms with Crippen molar-refractivity contribution < 1.29 is 19.0 Å². The van der Waals surface area contributed by atoms with E-state index in [1.165, 1.54) is 6.08 Å². The lowest BCUT2D eigenvalue weighted by Gasteiger charge is -2.25. The van der Waals surface area contributed by atoms with Gasteiger partial charge >= 0.3 is 5.97 Å². The molecule has 1 saturated heterocycles. The maximum Gasteiger partial charge on any atom is 0.330 e. The first-order chi connectivity index (χ1) is 8.22. The second-order valence-corrected chi connectivity index (χ2v) is 4.13. The van der Waals surface area contributed by atoms with Gasteiger partial charge in [0.2, 0.25) is 0 Å². The average Bonchev–Trinajstić information content (AvgIpc) is 2.30. The fraction of sp³-hybridized carbons (Fsp3) is 0.769. The number of hydrogen-bond donors (Lipinski definition) is 0. The number of hydrogen-bond acceptors (Lipinski definition) is 4. The lowest BCUT2D eigenvalue weighted by atomic mass is 10.2. The van der Waals surface area contributed by atoms with E-state index in [9.17, 15) is 4.79 Å². The van der Waals surface area contributed by atoms with Gasteiger partial charge in [0, 0.05) is 12.7 Å². The molecule has 1 unspecified atom stereocenters. The summed E-state index contributed by atoms with van der Waals surface area (Å²) >= 11 is 0. The van der Waals surface area contributed by atoms with Crippen LogP contribution in [0.3, 0.4) is 0 Å². The van der Waals surface area contributed by atoms with Crippen molar-refractivity contribution in [3.8, 4) is 0 Å². The number of ether oxygens (including phenoxy) is 3. The topological polar surface area (TPSA) is 44.8 Å². The van der Waals surface area contributed by atoms with E-state index in [0.29, 0.717) is 13.0 Å². The number of rotatable bonds is 6. The molecule has 1 heterocycles. The molecule has 0 aromatic heterocycles. The second kappa shape index (κ2) is 8.25. The van der Waals surface area contributed by atoms with Crippen molar-refractivity contribution in [2.45, 2.75) is 51.9 Å². The van der Waals surface area contributed by atoms with Crippen LogP contribution in [0.5, 0.6) is 0 Å². The molecule has 0 saturated carbocycles. The average molecular weight is 242 g/mol. The number of carbonyl (C=O) groups excluding carboxylic acids is 1. The summed E-state index contributed by atoms with van der Waals surface area (Å²) in [6.45, 7) is 4.96. The molecule has 2 atom stereocenters. The molecular weight excluding hydrogens is 220 g/mol. The normalized spacial score (nSPS) is 22.6. The highest BCUT2D eigenvalue weighted by Crippen LogP contribution is 2.16. The van der Waals surface area contributed by atoms with E-state index in [0.717, 1.165) is 25.9 Å². The van der Waals surface area contributed by atoms with E-state index in [4.69, 9.17) is 14.2 Å². The Morgan fingerprint density at radius 3 is 3.00 bits per heavy atom. The minimum absolute atomic E-state index is 0.0591. The maximum atomic E-state index is 11.0. The zero-order valence-electron chi connectivity index (χ0n) is 10.7. The van der Waals surface area contributed by atoms with Crippen molar-refractivity contribution in [1.82, 2.24) is 0 Å². The zero-order chi connectivity index (χ0) is 12.5. The Bertz CT molecular complexity index is 244. The van der Waals surface area contributed by atoms with E-state index >= 15 is 0 Å². The van der Waals surface area contributed by atoms with E-state index in [1.807, 2.05) is 6.92 Å². The highest BCUT2D eigenvalue weighted by molar-refractivity contribution is 5.81. The molecule has 0 aliphatic carbocycles. The van der Waals surface area contributed by atoms with Gasteiger partial charge in [0.05, 0.1) is 12.7 Å². The van der Waals surface area contributed by atoms with E-state index < -0.39 is 0 Å². The van der Waals surface area contributed by atoms with Crippen LogP contribution in [0.1, 0.15) is 39.5 Å². The molecule has 0 spiro atoms.